The van der Waals surface area contributed by atoms with Gasteiger partial charge in [-0.2, -0.15) is 0 Å². The monoisotopic (exact) mass is 299 g/mol. The molecule has 7 heteroatoms. The van der Waals surface area contributed by atoms with Crippen LogP contribution in [0, 0.1) is 0 Å². The van der Waals surface area contributed by atoms with Crippen molar-refractivity contribution in [2.24, 2.45) is 10.7 Å². The number of nitrogens with zero attached hydrogens (tertiary/aromatic N) is 1. The minimum Gasteiger partial charge on any atom is -0.486 e. The lowest BCUT2D eigenvalue weighted by Gasteiger charge is -2.20. The van der Waals surface area contributed by atoms with Crippen LogP contribution in [0.4, 0.5) is 0 Å². The number of hydrogen-bond donors (Lipinski definition) is 2. The van der Waals surface area contributed by atoms with Gasteiger partial charge in [0.15, 0.2) is 17.5 Å². The van der Waals surface area contributed by atoms with E-state index < -0.39 is 0 Å². The van der Waals surface area contributed by atoms with Crippen molar-refractivity contribution < 1.29 is 14.2 Å². The summed E-state index contributed by atoms with van der Waals surface area (Å²) in [5.74, 6) is 1.62. The molecule has 2 rings (SSSR count). The third-order valence-electron chi connectivity index (χ3n) is 2.70. The van der Waals surface area contributed by atoms with Gasteiger partial charge in [-0.15, -0.1) is 0 Å². The maximum absolute atomic E-state index is 6.15. The Morgan fingerprint density at radius 3 is 3.05 bits per heavy atom. The summed E-state index contributed by atoms with van der Waals surface area (Å²) in [4.78, 5) is 4.23. The summed E-state index contributed by atoms with van der Waals surface area (Å²) in [6.45, 7) is 2.65. The Bertz CT molecular complexity index is 494. The van der Waals surface area contributed by atoms with E-state index in [0.29, 0.717) is 55.4 Å². The second-order valence-corrected chi connectivity index (χ2v) is 4.63. The van der Waals surface area contributed by atoms with E-state index in [9.17, 15) is 0 Å². The standard InChI is InChI=1S/C13H18ClN3O3/c1-18-3-2-16-13(15)17-8-9-6-10(14)12-11(7-9)19-4-5-20-12/h6-7H,2-5,8H2,1H3,(H3,15,16,17). The van der Waals surface area contributed by atoms with Crippen LogP contribution in [0.1, 0.15) is 5.56 Å². The largest absolute Gasteiger partial charge is 0.486 e. The summed E-state index contributed by atoms with van der Waals surface area (Å²) in [5.41, 5.74) is 6.65. The molecule has 0 atom stereocenters. The lowest BCUT2D eigenvalue weighted by Crippen LogP contribution is -2.34. The van der Waals surface area contributed by atoms with Crippen LogP contribution in [-0.4, -0.2) is 39.4 Å². The normalized spacial score (nSPS) is 14.2. The highest BCUT2D eigenvalue weighted by Crippen LogP contribution is 2.38. The van der Waals surface area contributed by atoms with Crippen LogP contribution in [-0.2, 0) is 11.3 Å². The lowest BCUT2D eigenvalue weighted by molar-refractivity contribution is 0.171. The molecule has 0 amide bonds. The third-order valence-corrected chi connectivity index (χ3v) is 2.98. The summed E-state index contributed by atoms with van der Waals surface area (Å²) < 4.78 is 15.9. The van der Waals surface area contributed by atoms with Gasteiger partial charge < -0.3 is 25.3 Å². The second-order valence-electron chi connectivity index (χ2n) is 4.22. The first-order valence-electron chi connectivity index (χ1n) is 6.31. The summed E-state index contributed by atoms with van der Waals surface area (Å²) in [7, 11) is 1.63. The number of nitrogens with two attached hydrogens (primary N) is 1. The molecule has 1 heterocycles. The van der Waals surface area contributed by atoms with Crippen LogP contribution >= 0.6 is 11.6 Å². The number of fused-ring (bicyclic) bond motifs is 1. The zero-order valence-electron chi connectivity index (χ0n) is 11.3. The van der Waals surface area contributed by atoms with Gasteiger partial charge in [0.1, 0.15) is 13.2 Å². The highest BCUT2D eigenvalue weighted by atomic mass is 35.5. The predicted octanol–water partition coefficient (Wildman–Crippen LogP) is 1.16. The highest BCUT2D eigenvalue weighted by molar-refractivity contribution is 6.32. The molecule has 0 aliphatic carbocycles. The molecule has 0 spiro atoms. The average Bonchev–Trinajstić information content (AvgIpc) is 2.45. The van der Waals surface area contributed by atoms with Gasteiger partial charge in [-0.05, 0) is 17.7 Å². The minimum atomic E-state index is 0.369. The second kappa shape index (κ2) is 7.21. The molecule has 3 N–H and O–H groups in total. The van der Waals surface area contributed by atoms with E-state index in [1.165, 1.54) is 0 Å². The Hall–Kier alpha value is -1.66. The molecule has 0 saturated carbocycles. The van der Waals surface area contributed by atoms with Crippen LogP contribution < -0.4 is 20.5 Å². The molecule has 0 saturated heterocycles. The molecule has 1 aromatic rings. The van der Waals surface area contributed by atoms with Crippen LogP contribution in [0.2, 0.25) is 5.02 Å². The fraction of sp³-hybridized carbons (Fsp3) is 0.462. The number of nitrogens with one attached hydrogen (secondary N) is 1. The molecule has 0 unspecified atom stereocenters. The van der Waals surface area contributed by atoms with Crippen LogP contribution in [0.25, 0.3) is 0 Å². The van der Waals surface area contributed by atoms with Crippen molar-refractivity contribution in [1.82, 2.24) is 5.32 Å². The molecule has 1 aliphatic rings. The fourth-order valence-electron chi connectivity index (χ4n) is 1.77. The van der Waals surface area contributed by atoms with E-state index in [1.807, 2.05) is 6.07 Å². The first-order chi connectivity index (χ1) is 9.70. The fourth-order valence-corrected chi connectivity index (χ4v) is 2.06. The van der Waals surface area contributed by atoms with Gasteiger partial charge in [-0.3, -0.25) is 0 Å². The Morgan fingerprint density at radius 1 is 1.45 bits per heavy atom. The predicted molar refractivity (Wildman–Crippen MR) is 77.6 cm³/mol. The van der Waals surface area contributed by atoms with E-state index in [0.717, 1.165) is 5.56 Å². The van der Waals surface area contributed by atoms with Crippen molar-refractivity contribution in [2.75, 3.05) is 33.5 Å². The van der Waals surface area contributed by atoms with Gasteiger partial charge in [-0.25, -0.2) is 4.99 Å². The number of methoxy groups -OCH3 is 1. The molecule has 0 radical (unpaired) electrons. The molecule has 0 fully saturated rings. The first-order valence-corrected chi connectivity index (χ1v) is 6.69. The quantitative estimate of drug-likeness (QED) is 0.485. The summed E-state index contributed by atoms with van der Waals surface area (Å²) in [6.07, 6.45) is 0. The molecule has 20 heavy (non-hydrogen) atoms. The Labute approximate surface area is 122 Å². The van der Waals surface area contributed by atoms with Gasteiger partial charge >= 0.3 is 0 Å². The highest BCUT2D eigenvalue weighted by Gasteiger charge is 2.16. The van der Waals surface area contributed by atoms with E-state index in [2.05, 4.69) is 10.3 Å². The number of ether oxygens (including phenoxy) is 3. The number of rotatable bonds is 5. The summed E-state index contributed by atoms with van der Waals surface area (Å²) in [5, 5.41) is 3.47. The minimum absolute atomic E-state index is 0.369. The molecule has 110 valence electrons. The van der Waals surface area contributed by atoms with Crippen molar-refractivity contribution in [3.05, 3.63) is 22.7 Å². The van der Waals surface area contributed by atoms with E-state index in [4.69, 9.17) is 31.5 Å². The van der Waals surface area contributed by atoms with Gasteiger partial charge in [0.2, 0.25) is 0 Å². The van der Waals surface area contributed by atoms with Crippen molar-refractivity contribution in [1.29, 1.82) is 0 Å². The molecule has 1 aromatic carbocycles. The van der Waals surface area contributed by atoms with E-state index in [-0.39, 0.29) is 0 Å². The number of hydrogen-bond acceptors (Lipinski definition) is 4. The molecular weight excluding hydrogens is 282 g/mol. The van der Waals surface area contributed by atoms with Gasteiger partial charge in [0.25, 0.3) is 0 Å². The lowest BCUT2D eigenvalue weighted by atomic mass is 10.2. The number of halogens is 1. The Morgan fingerprint density at radius 2 is 2.25 bits per heavy atom. The molecular formula is C13H18ClN3O3. The van der Waals surface area contributed by atoms with Crippen LogP contribution in [0.3, 0.4) is 0 Å². The van der Waals surface area contributed by atoms with Crippen LogP contribution in [0.5, 0.6) is 11.5 Å². The topological polar surface area (TPSA) is 78.1 Å². The van der Waals surface area contributed by atoms with Gasteiger partial charge in [0, 0.05) is 13.7 Å². The van der Waals surface area contributed by atoms with Gasteiger partial charge in [-0.1, -0.05) is 11.6 Å². The SMILES string of the molecule is COCCNC(N)=NCc1cc(Cl)c2c(c1)OCCO2. The zero-order valence-corrected chi connectivity index (χ0v) is 12.1. The molecule has 6 nitrogen and oxygen atoms in total. The van der Waals surface area contributed by atoms with Crippen molar-refractivity contribution >= 4 is 17.6 Å². The van der Waals surface area contributed by atoms with Gasteiger partial charge in [0.05, 0.1) is 18.2 Å². The number of guanidine groups is 1. The van der Waals surface area contributed by atoms with E-state index in [1.54, 1.807) is 13.2 Å². The number of aliphatic imine (C=N–C) groups is 1. The zero-order chi connectivity index (χ0) is 14.4. The Kier molecular flexibility index (Phi) is 5.31. The van der Waals surface area contributed by atoms with Crippen molar-refractivity contribution in [3.8, 4) is 11.5 Å². The first kappa shape index (κ1) is 14.7. The third kappa shape index (κ3) is 3.91. The molecule has 1 aliphatic heterocycles. The smallest absolute Gasteiger partial charge is 0.188 e. The molecule has 0 aromatic heterocycles. The summed E-state index contributed by atoms with van der Waals surface area (Å²) in [6, 6.07) is 3.67. The average molecular weight is 300 g/mol. The maximum atomic E-state index is 6.15. The molecule has 0 bridgehead atoms. The Balaban J connectivity index is 1.99. The van der Waals surface area contributed by atoms with Crippen LogP contribution in [0.15, 0.2) is 17.1 Å². The number of benzene rings is 1. The van der Waals surface area contributed by atoms with Crippen molar-refractivity contribution in [3.63, 3.8) is 0 Å². The summed E-state index contributed by atoms with van der Waals surface area (Å²) >= 11 is 6.15. The van der Waals surface area contributed by atoms with E-state index >= 15 is 0 Å². The van der Waals surface area contributed by atoms with Crippen molar-refractivity contribution in [2.45, 2.75) is 6.54 Å². The maximum Gasteiger partial charge on any atom is 0.188 e.